The Morgan fingerprint density at radius 1 is 1.06 bits per heavy atom. The third-order valence-corrected chi connectivity index (χ3v) is 2.79. The van der Waals surface area contributed by atoms with Crippen molar-refractivity contribution < 1.29 is 4.74 Å². The van der Waals surface area contributed by atoms with Gasteiger partial charge in [-0.05, 0) is 37.3 Å². The molecule has 0 bridgehead atoms. The van der Waals surface area contributed by atoms with Crippen LogP contribution in [0.25, 0.3) is 0 Å². The molecule has 18 heavy (non-hydrogen) atoms. The van der Waals surface area contributed by atoms with E-state index in [4.69, 9.17) is 4.74 Å². The third kappa shape index (κ3) is 8.26. The standard InChI is InChI=1S/C16H27NO/c1-15(2)14-18-13-12-17-11-7-6-10-16-8-4-3-5-9-16/h3-5,8-9,15,17H,6-7,10-14H2,1-2H3. The number of ether oxygens (including phenoxy) is 1. The van der Waals surface area contributed by atoms with E-state index in [1.807, 2.05) is 0 Å². The van der Waals surface area contributed by atoms with Crippen molar-refractivity contribution in [3.05, 3.63) is 35.9 Å². The zero-order valence-corrected chi connectivity index (χ0v) is 11.8. The first-order valence-corrected chi connectivity index (χ1v) is 7.11. The van der Waals surface area contributed by atoms with Crippen molar-refractivity contribution in [2.75, 3.05) is 26.3 Å². The molecule has 0 aromatic heterocycles. The molecule has 1 N–H and O–H groups in total. The molecule has 1 rings (SSSR count). The van der Waals surface area contributed by atoms with Gasteiger partial charge in [0, 0.05) is 13.2 Å². The normalized spacial score (nSPS) is 11.1. The Kier molecular flexibility index (Phi) is 8.53. The van der Waals surface area contributed by atoms with Crippen LogP contribution in [0.15, 0.2) is 30.3 Å². The lowest BCUT2D eigenvalue weighted by atomic mass is 10.1. The molecule has 0 aliphatic rings. The van der Waals surface area contributed by atoms with Gasteiger partial charge in [0.1, 0.15) is 0 Å². The lowest BCUT2D eigenvalue weighted by molar-refractivity contribution is 0.112. The van der Waals surface area contributed by atoms with E-state index in [0.29, 0.717) is 5.92 Å². The first-order valence-electron chi connectivity index (χ1n) is 7.11. The van der Waals surface area contributed by atoms with Crippen LogP contribution in [-0.2, 0) is 11.2 Å². The predicted octanol–water partition coefficient (Wildman–Crippen LogP) is 3.27. The first-order chi connectivity index (χ1) is 8.79. The van der Waals surface area contributed by atoms with Gasteiger partial charge in [-0.3, -0.25) is 0 Å². The van der Waals surface area contributed by atoms with Crippen molar-refractivity contribution in [1.82, 2.24) is 5.32 Å². The van der Waals surface area contributed by atoms with Crippen LogP contribution in [0.3, 0.4) is 0 Å². The number of nitrogens with one attached hydrogen (secondary N) is 1. The van der Waals surface area contributed by atoms with E-state index >= 15 is 0 Å². The Morgan fingerprint density at radius 2 is 1.83 bits per heavy atom. The van der Waals surface area contributed by atoms with Gasteiger partial charge in [0.15, 0.2) is 0 Å². The lowest BCUT2D eigenvalue weighted by Crippen LogP contribution is -2.21. The van der Waals surface area contributed by atoms with Crippen LogP contribution in [0, 0.1) is 5.92 Å². The van der Waals surface area contributed by atoms with Gasteiger partial charge in [-0.1, -0.05) is 44.2 Å². The van der Waals surface area contributed by atoms with E-state index in [9.17, 15) is 0 Å². The van der Waals surface area contributed by atoms with Gasteiger partial charge in [-0.25, -0.2) is 0 Å². The van der Waals surface area contributed by atoms with E-state index in [-0.39, 0.29) is 0 Å². The highest BCUT2D eigenvalue weighted by Crippen LogP contribution is 2.03. The maximum atomic E-state index is 5.51. The van der Waals surface area contributed by atoms with Crippen molar-refractivity contribution in [2.45, 2.75) is 33.1 Å². The Hall–Kier alpha value is -0.860. The predicted molar refractivity (Wildman–Crippen MR) is 77.9 cm³/mol. The molecular weight excluding hydrogens is 222 g/mol. The highest BCUT2D eigenvalue weighted by molar-refractivity contribution is 5.14. The Morgan fingerprint density at radius 3 is 2.56 bits per heavy atom. The molecule has 0 saturated carbocycles. The van der Waals surface area contributed by atoms with Crippen molar-refractivity contribution in [3.8, 4) is 0 Å². The smallest absolute Gasteiger partial charge is 0.0591 e. The summed E-state index contributed by atoms with van der Waals surface area (Å²) in [6.07, 6.45) is 3.68. The largest absolute Gasteiger partial charge is 0.380 e. The molecule has 0 spiro atoms. The minimum Gasteiger partial charge on any atom is -0.380 e. The fourth-order valence-electron chi connectivity index (χ4n) is 1.81. The van der Waals surface area contributed by atoms with Crippen molar-refractivity contribution in [3.63, 3.8) is 0 Å². The molecule has 102 valence electrons. The van der Waals surface area contributed by atoms with E-state index in [2.05, 4.69) is 49.5 Å². The molecule has 0 heterocycles. The summed E-state index contributed by atoms with van der Waals surface area (Å²) in [6.45, 7) is 8.12. The summed E-state index contributed by atoms with van der Waals surface area (Å²) >= 11 is 0. The molecule has 2 heteroatoms. The summed E-state index contributed by atoms with van der Waals surface area (Å²) in [5, 5.41) is 3.42. The summed E-state index contributed by atoms with van der Waals surface area (Å²) in [4.78, 5) is 0. The van der Waals surface area contributed by atoms with Gasteiger partial charge >= 0.3 is 0 Å². The van der Waals surface area contributed by atoms with Gasteiger partial charge in [-0.2, -0.15) is 0 Å². The van der Waals surface area contributed by atoms with Crippen LogP contribution in [0.5, 0.6) is 0 Å². The van der Waals surface area contributed by atoms with Crippen LogP contribution in [-0.4, -0.2) is 26.3 Å². The number of hydrogen-bond acceptors (Lipinski definition) is 2. The van der Waals surface area contributed by atoms with E-state index in [1.54, 1.807) is 0 Å². The number of aryl methyl sites for hydroxylation is 1. The number of rotatable bonds is 10. The molecule has 0 amide bonds. The monoisotopic (exact) mass is 249 g/mol. The molecular formula is C16H27NO. The molecule has 0 atom stereocenters. The molecule has 1 aromatic carbocycles. The van der Waals surface area contributed by atoms with Crippen LogP contribution in [0.2, 0.25) is 0 Å². The maximum Gasteiger partial charge on any atom is 0.0591 e. The average Bonchev–Trinajstić information content (AvgIpc) is 2.37. The van der Waals surface area contributed by atoms with Crippen molar-refractivity contribution >= 4 is 0 Å². The second-order valence-electron chi connectivity index (χ2n) is 5.16. The fourth-order valence-corrected chi connectivity index (χ4v) is 1.81. The van der Waals surface area contributed by atoms with Crippen molar-refractivity contribution in [2.24, 2.45) is 5.92 Å². The molecule has 0 fully saturated rings. The minimum atomic E-state index is 0.635. The van der Waals surface area contributed by atoms with Crippen LogP contribution < -0.4 is 5.32 Å². The highest BCUT2D eigenvalue weighted by Gasteiger charge is 1.94. The third-order valence-electron chi connectivity index (χ3n) is 2.79. The molecule has 0 saturated heterocycles. The van der Waals surface area contributed by atoms with Gasteiger partial charge in [0.05, 0.1) is 6.61 Å². The molecule has 0 unspecified atom stereocenters. The molecule has 0 radical (unpaired) electrons. The summed E-state index contributed by atoms with van der Waals surface area (Å²) in [7, 11) is 0. The fraction of sp³-hybridized carbons (Fsp3) is 0.625. The van der Waals surface area contributed by atoms with E-state index in [0.717, 1.165) is 26.3 Å². The van der Waals surface area contributed by atoms with Gasteiger partial charge in [0.2, 0.25) is 0 Å². The van der Waals surface area contributed by atoms with Gasteiger partial charge in [-0.15, -0.1) is 0 Å². The number of benzene rings is 1. The van der Waals surface area contributed by atoms with Gasteiger partial charge in [0.25, 0.3) is 0 Å². The first kappa shape index (κ1) is 15.2. The lowest BCUT2D eigenvalue weighted by Gasteiger charge is -2.08. The zero-order chi connectivity index (χ0) is 13.1. The highest BCUT2D eigenvalue weighted by atomic mass is 16.5. The Bertz CT molecular complexity index is 284. The van der Waals surface area contributed by atoms with Gasteiger partial charge < -0.3 is 10.1 Å². The Labute approximate surface area is 112 Å². The van der Waals surface area contributed by atoms with Crippen LogP contribution in [0.1, 0.15) is 32.3 Å². The average molecular weight is 249 g/mol. The Balaban J connectivity index is 1.84. The topological polar surface area (TPSA) is 21.3 Å². The number of hydrogen-bond donors (Lipinski definition) is 1. The molecule has 2 nitrogen and oxygen atoms in total. The summed E-state index contributed by atoms with van der Waals surface area (Å²) in [5.74, 6) is 0.635. The van der Waals surface area contributed by atoms with Crippen molar-refractivity contribution in [1.29, 1.82) is 0 Å². The van der Waals surface area contributed by atoms with Crippen LogP contribution in [0.4, 0.5) is 0 Å². The molecule has 0 aliphatic carbocycles. The SMILES string of the molecule is CC(C)COCCNCCCCc1ccccc1. The molecule has 0 aliphatic heterocycles. The minimum absolute atomic E-state index is 0.635. The maximum absolute atomic E-state index is 5.51. The zero-order valence-electron chi connectivity index (χ0n) is 11.8. The quantitative estimate of drug-likeness (QED) is 0.643. The summed E-state index contributed by atoms with van der Waals surface area (Å²) < 4.78 is 5.51. The van der Waals surface area contributed by atoms with E-state index < -0.39 is 0 Å². The number of unbranched alkanes of at least 4 members (excludes halogenated alkanes) is 1. The van der Waals surface area contributed by atoms with E-state index in [1.165, 1.54) is 24.8 Å². The second-order valence-corrected chi connectivity index (χ2v) is 5.16. The summed E-state index contributed by atoms with van der Waals surface area (Å²) in [5.41, 5.74) is 1.44. The molecule has 1 aromatic rings. The van der Waals surface area contributed by atoms with Crippen LogP contribution >= 0.6 is 0 Å². The second kappa shape index (κ2) is 10.1. The summed E-state index contributed by atoms with van der Waals surface area (Å²) in [6, 6.07) is 10.7.